The first kappa shape index (κ1) is 24.1. The van der Waals surface area contributed by atoms with Crippen molar-refractivity contribution in [3.05, 3.63) is 24.4 Å². The summed E-state index contributed by atoms with van der Waals surface area (Å²) in [7, 11) is 0. The Morgan fingerprint density at radius 2 is 1.93 bits per heavy atom. The summed E-state index contributed by atoms with van der Waals surface area (Å²) in [5, 5.41) is 71.7. The minimum absolute atomic E-state index is 0.249. The van der Waals surface area contributed by atoms with Crippen molar-refractivity contribution in [2.75, 3.05) is 19.8 Å². The Morgan fingerprint density at radius 3 is 2.43 bits per heavy atom. The molecule has 0 radical (unpaired) electrons. The molecule has 0 aromatic heterocycles. The third-order valence-electron chi connectivity index (χ3n) is 4.26. The smallest absolute Gasteiger partial charge is 0.320 e. The molecule has 1 saturated heterocycles. The van der Waals surface area contributed by atoms with E-state index < -0.39 is 74.3 Å². The first-order chi connectivity index (χ1) is 13.1. The second-order valence-corrected chi connectivity index (χ2v) is 6.24. The molecule has 0 aromatic carbocycles. The van der Waals surface area contributed by atoms with Gasteiger partial charge in [-0.2, -0.15) is 0 Å². The standard InChI is InChI=1S/C16H26N2O10/c1-2-8(5-19)4-17-14(25)10(21)3-9(15(26)27)18-16(7-20)13(24)12(23)11(22)6-28-16/h2,4,9-13,18-24H,1,3,5-7H2,(H,17,25)(H,26,27)/b8-4+/t9-,10?,11+,12+,13-,16+/m0/s1. The molecule has 1 aliphatic rings. The number of hydrogen-bond donors (Lipinski definition) is 9. The highest BCUT2D eigenvalue weighted by molar-refractivity contribution is 5.83. The molecule has 1 heterocycles. The highest BCUT2D eigenvalue weighted by Gasteiger charge is 2.51. The van der Waals surface area contributed by atoms with Crippen molar-refractivity contribution in [1.29, 1.82) is 0 Å². The van der Waals surface area contributed by atoms with E-state index in [0.29, 0.717) is 0 Å². The highest BCUT2D eigenvalue weighted by atomic mass is 16.6. The molecule has 0 aromatic rings. The van der Waals surface area contributed by atoms with Gasteiger partial charge in [0.1, 0.15) is 30.5 Å². The number of carbonyl (C=O) groups excluding carboxylic acids is 1. The van der Waals surface area contributed by atoms with E-state index in [1.165, 1.54) is 6.08 Å². The minimum Gasteiger partial charge on any atom is -0.480 e. The molecule has 1 unspecified atom stereocenters. The largest absolute Gasteiger partial charge is 0.480 e. The first-order valence-corrected chi connectivity index (χ1v) is 8.32. The summed E-state index contributed by atoms with van der Waals surface area (Å²) in [5.41, 5.74) is -1.89. The Morgan fingerprint density at radius 1 is 1.29 bits per heavy atom. The van der Waals surface area contributed by atoms with Crippen LogP contribution in [0.2, 0.25) is 0 Å². The summed E-state index contributed by atoms with van der Waals surface area (Å²) in [6.45, 7) is 1.51. The minimum atomic E-state index is -2.13. The van der Waals surface area contributed by atoms with Crippen LogP contribution < -0.4 is 10.6 Å². The van der Waals surface area contributed by atoms with Crippen LogP contribution in [-0.4, -0.2) is 104 Å². The van der Waals surface area contributed by atoms with Crippen LogP contribution in [0, 0.1) is 0 Å². The molecule has 6 atom stereocenters. The average molecular weight is 406 g/mol. The monoisotopic (exact) mass is 406 g/mol. The molecule has 160 valence electrons. The molecule has 12 heteroatoms. The van der Waals surface area contributed by atoms with Crippen LogP contribution in [0.25, 0.3) is 0 Å². The molecule has 0 aliphatic carbocycles. The number of ether oxygens (including phenoxy) is 1. The lowest BCUT2D eigenvalue weighted by molar-refractivity contribution is -0.261. The van der Waals surface area contributed by atoms with Crippen molar-refractivity contribution in [3.63, 3.8) is 0 Å². The summed E-state index contributed by atoms with van der Waals surface area (Å²) < 4.78 is 5.13. The maximum atomic E-state index is 11.9. The van der Waals surface area contributed by atoms with Gasteiger partial charge in [0, 0.05) is 12.6 Å². The quantitative estimate of drug-likeness (QED) is 0.159. The number of nitrogens with one attached hydrogen (secondary N) is 2. The maximum absolute atomic E-state index is 11.9. The number of carbonyl (C=O) groups is 2. The maximum Gasteiger partial charge on any atom is 0.320 e. The van der Waals surface area contributed by atoms with Crippen molar-refractivity contribution in [3.8, 4) is 0 Å². The molecule has 28 heavy (non-hydrogen) atoms. The van der Waals surface area contributed by atoms with Crippen LogP contribution in [0.5, 0.6) is 0 Å². The van der Waals surface area contributed by atoms with Gasteiger partial charge < -0.3 is 45.8 Å². The Hall–Kier alpha value is -1.90. The van der Waals surface area contributed by atoms with E-state index in [9.17, 15) is 40.2 Å². The third kappa shape index (κ3) is 5.80. The Bertz CT molecular complexity index is 598. The normalized spacial score (nSPS) is 30.4. The second-order valence-electron chi connectivity index (χ2n) is 6.24. The number of aliphatic hydroxyl groups is 6. The van der Waals surface area contributed by atoms with Gasteiger partial charge in [0.2, 0.25) is 0 Å². The molecule has 1 amide bonds. The molecular formula is C16H26N2O10. The Labute approximate surface area is 160 Å². The lowest BCUT2D eigenvalue weighted by Crippen LogP contribution is -2.71. The molecule has 0 saturated carbocycles. The zero-order valence-electron chi connectivity index (χ0n) is 14.9. The molecule has 0 bridgehead atoms. The molecule has 12 nitrogen and oxygen atoms in total. The summed E-state index contributed by atoms with van der Waals surface area (Å²) in [6.07, 6.45) is -5.22. The van der Waals surface area contributed by atoms with Gasteiger partial charge in [-0.25, -0.2) is 0 Å². The lowest BCUT2D eigenvalue weighted by Gasteiger charge is -2.45. The summed E-state index contributed by atoms with van der Waals surface area (Å²) in [4.78, 5) is 23.4. The van der Waals surface area contributed by atoms with Crippen molar-refractivity contribution < 1.29 is 50.1 Å². The second kappa shape index (κ2) is 10.6. The fourth-order valence-corrected chi connectivity index (χ4v) is 2.49. The predicted octanol–water partition coefficient (Wildman–Crippen LogP) is -4.24. The van der Waals surface area contributed by atoms with Crippen molar-refractivity contribution in [2.45, 2.75) is 42.6 Å². The molecular weight excluding hydrogens is 380 g/mol. The van der Waals surface area contributed by atoms with Gasteiger partial charge in [0.25, 0.3) is 5.91 Å². The van der Waals surface area contributed by atoms with Crippen LogP contribution >= 0.6 is 0 Å². The molecule has 9 N–H and O–H groups in total. The fraction of sp³-hybridized carbons (Fsp3) is 0.625. The number of aliphatic hydroxyl groups excluding tert-OH is 6. The predicted molar refractivity (Wildman–Crippen MR) is 92.5 cm³/mol. The van der Waals surface area contributed by atoms with Gasteiger partial charge in [0.15, 0.2) is 5.72 Å². The van der Waals surface area contributed by atoms with E-state index in [-0.39, 0.29) is 5.57 Å². The number of aliphatic carboxylic acids is 1. The number of carboxylic acids is 1. The van der Waals surface area contributed by atoms with Crippen LogP contribution in [-0.2, 0) is 14.3 Å². The summed E-state index contributed by atoms with van der Waals surface area (Å²) in [5.74, 6) is -2.51. The highest BCUT2D eigenvalue weighted by Crippen LogP contribution is 2.25. The topological polar surface area (TPSA) is 209 Å². The summed E-state index contributed by atoms with van der Waals surface area (Å²) in [6, 6.07) is -1.68. The first-order valence-electron chi connectivity index (χ1n) is 8.32. The molecule has 1 rings (SSSR count). The molecule has 1 fully saturated rings. The number of rotatable bonds is 10. The van der Waals surface area contributed by atoms with E-state index in [2.05, 4.69) is 17.2 Å². The Kier molecular flexibility index (Phi) is 9.13. The van der Waals surface area contributed by atoms with Gasteiger partial charge in [-0.05, 0) is 5.57 Å². The zero-order valence-corrected chi connectivity index (χ0v) is 14.9. The zero-order chi connectivity index (χ0) is 21.5. The third-order valence-corrected chi connectivity index (χ3v) is 4.26. The van der Waals surface area contributed by atoms with E-state index in [1.54, 1.807) is 0 Å². The number of amides is 1. The fourth-order valence-electron chi connectivity index (χ4n) is 2.49. The van der Waals surface area contributed by atoms with Gasteiger partial charge in [0.05, 0.1) is 19.8 Å². The number of hydrogen-bond acceptors (Lipinski definition) is 10. The molecule has 1 aliphatic heterocycles. The van der Waals surface area contributed by atoms with Crippen molar-refractivity contribution in [2.24, 2.45) is 0 Å². The van der Waals surface area contributed by atoms with E-state index in [0.717, 1.165) is 6.20 Å². The van der Waals surface area contributed by atoms with E-state index >= 15 is 0 Å². The van der Waals surface area contributed by atoms with Gasteiger partial charge in [-0.1, -0.05) is 12.7 Å². The van der Waals surface area contributed by atoms with E-state index in [1.807, 2.05) is 0 Å². The van der Waals surface area contributed by atoms with Gasteiger partial charge in [-0.3, -0.25) is 14.9 Å². The Balaban J connectivity index is 2.87. The average Bonchev–Trinajstić information content (AvgIpc) is 2.68. The van der Waals surface area contributed by atoms with Crippen LogP contribution in [0.15, 0.2) is 24.4 Å². The van der Waals surface area contributed by atoms with Crippen LogP contribution in [0.3, 0.4) is 0 Å². The van der Waals surface area contributed by atoms with E-state index in [4.69, 9.17) is 9.84 Å². The van der Waals surface area contributed by atoms with Gasteiger partial charge >= 0.3 is 5.97 Å². The molecule has 0 spiro atoms. The van der Waals surface area contributed by atoms with Crippen LogP contribution in [0.1, 0.15) is 6.42 Å². The van der Waals surface area contributed by atoms with Gasteiger partial charge in [-0.15, -0.1) is 0 Å². The lowest BCUT2D eigenvalue weighted by atomic mass is 9.93. The number of carboxylic acid groups (broad SMARTS) is 1. The van der Waals surface area contributed by atoms with Crippen molar-refractivity contribution in [1.82, 2.24) is 10.6 Å². The van der Waals surface area contributed by atoms with Crippen LogP contribution in [0.4, 0.5) is 0 Å². The SMILES string of the molecule is C=C/C(=C\NC(=O)C(O)C[C@H](N[C@]1(CO)OC[C@@H](O)[C@@H](O)[C@@H]1O)C(=O)O)CO. The van der Waals surface area contributed by atoms with Crippen molar-refractivity contribution >= 4 is 11.9 Å². The summed E-state index contributed by atoms with van der Waals surface area (Å²) >= 11 is 0.